The van der Waals surface area contributed by atoms with Gasteiger partial charge < -0.3 is 9.88 Å². The zero-order valence-electron chi connectivity index (χ0n) is 13.3. The van der Waals surface area contributed by atoms with Crippen LogP contribution in [0.3, 0.4) is 0 Å². The second kappa shape index (κ2) is 6.55. The van der Waals surface area contributed by atoms with Gasteiger partial charge in [-0.25, -0.2) is 8.78 Å². The van der Waals surface area contributed by atoms with Gasteiger partial charge in [0, 0.05) is 24.7 Å². The molecule has 0 spiro atoms. The van der Waals surface area contributed by atoms with Crippen molar-refractivity contribution in [2.45, 2.75) is 25.7 Å². The first-order valence-electron chi connectivity index (χ1n) is 7.90. The average Bonchev–Trinajstić information content (AvgIpc) is 2.56. The molecule has 1 N–H and O–H groups in total. The number of amides is 1. The third-order valence-corrected chi connectivity index (χ3v) is 4.39. The molecule has 0 saturated carbocycles. The van der Waals surface area contributed by atoms with Gasteiger partial charge in [0.05, 0.1) is 0 Å². The Labute approximate surface area is 138 Å². The number of halogens is 2. The van der Waals surface area contributed by atoms with Crippen molar-refractivity contribution >= 4 is 5.91 Å². The molecule has 3 rings (SSSR count). The van der Waals surface area contributed by atoms with E-state index >= 15 is 0 Å². The quantitative estimate of drug-likeness (QED) is 0.919. The number of carbonyl (C=O) groups is 1. The molecule has 0 unspecified atom stereocenters. The predicted octanol–water partition coefficient (Wildman–Crippen LogP) is 2.98. The van der Waals surface area contributed by atoms with E-state index in [9.17, 15) is 18.4 Å². The zero-order chi connectivity index (χ0) is 17.3. The molecule has 1 aromatic carbocycles. The van der Waals surface area contributed by atoms with Crippen molar-refractivity contribution in [2.24, 2.45) is 0 Å². The number of aromatic nitrogens is 1. The number of hydrogen-bond acceptors (Lipinski definition) is 2. The largest absolute Gasteiger partial charge is 0.338 e. The number of rotatable bonds is 2. The van der Waals surface area contributed by atoms with Crippen LogP contribution >= 0.6 is 0 Å². The fraction of sp³-hybridized carbons (Fsp3) is 0.333. The number of H-pyrrole nitrogens is 1. The van der Waals surface area contributed by atoms with E-state index in [4.69, 9.17) is 0 Å². The Morgan fingerprint density at radius 1 is 1.25 bits per heavy atom. The highest BCUT2D eigenvalue weighted by atomic mass is 19.1. The van der Waals surface area contributed by atoms with Crippen molar-refractivity contribution in [1.29, 1.82) is 0 Å². The van der Waals surface area contributed by atoms with Crippen LogP contribution in [-0.2, 0) is 0 Å². The van der Waals surface area contributed by atoms with Crippen LogP contribution in [0.2, 0.25) is 0 Å². The molecule has 1 aromatic heterocycles. The molecule has 24 heavy (non-hydrogen) atoms. The summed E-state index contributed by atoms with van der Waals surface area (Å²) in [5, 5.41) is 0. The summed E-state index contributed by atoms with van der Waals surface area (Å²) in [6.07, 6.45) is 1.35. The van der Waals surface area contributed by atoms with Crippen LogP contribution in [0.5, 0.6) is 0 Å². The molecule has 1 saturated heterocycles. The van der Waals surface area contributed by atoms with Crippen molar-refractivity contribution in [3.8, 4) is 0 Å². The van der Waals surface area contributed by atoms with Gasteiger partial charge >= 0.3 is 0 Å². The Hall–Kier alpha value is -2.50. The topological polar surface area (TPSA) is 53.2 Å². The van der Waals surface area contributed by atoms with E-state index in [0.29, 0.717) is 25.1 Å². The highest BCUT2D eigenvalue weighted by molar-refractivity contribution is 5.94. The summed E-state index contributed by atoms with van der Waals surface area (Å²) in [6, 6.07) is 6.55. The second-order valence-corrected chi connectivity index (χ2v) is 6.14. The number of carbonyl (C=O) groups excluding carboxylic acids is 1. The van der Waals surface area contributed by atoms with Crippen molar-refractivity contribution in [1.82, 2.24) is 9.88 Å². The van der Waals surface area contributed by atoms with Gasteiger partial charge in [0.2, 0.25) is 0 Å². The first-order valence-corrected chi connectivity index (χ1v) is 7.90. The lowest BCUT2D eigenvalue weighted by molar-refractivity contribution is 0.0704. The molecule has 6 heteroatoms. The predicted molar refractivity (Wildman–Crippen MR) is 86.0 cm³/mol. The minimum Gasteiger partial charge on any atom is -0.338 e. The minimum atomic E-state index is -0.496. The van der Waals surface area contributed by atoms with Crippen LogP contribution in [0.15, 0.2) is 35.1 Å². The molecule has 1 atom stereocenters. The molecule has 0 aliphatic carbocycles. The smallest absolute Gasteiger partial charge is 0.260 e. The average molecular weight is 332 g/mol. The molecule has 0 bridgehead atoms. The van der Waals surface area contributed by atoms with E-state index in [1.807, 2.05) is 0 Å². The molecule has 2 aromatic rings. The van der Waals surface area contributed by atoms with Crippen molar-refractivity contribution in [3.05, 3.63) is 69.1 Å². The molecular formula is C18H18F2N2O2. The third kappa shape index (κ3) is 3.22. The fourth-order valence-corrected chi connectivity index (χ4v) is 3.15. The molecule has 1 aliphatic rings. The molecule has 1 aliphatic heterocycles. The number of nitrogens with one attached hydrogen (secondary N) is 1. The molecule has 1 amide bonds. The summed E-state index contributed by atoms with van der Waals surface area (Å²) >= 11 is 0. The van der Waals surface area contributed by atoms with Crippen molar-refractivity contribution < 1.29 is 13.6 Å². The number of pyridine rings is 1. The summed E-state index contributed by atoms with van der Waals surface area (Å²) in [6.45, 7) is 2.51. The van der Waals surface area contributed by atoms with Crippen LogP contribution < -0.4 is 5.56 Å². The number of nitrogens with zero attached hydrogens (tertiary/aromatic N) is 1. The van der Waals surface area contributed by atoms with Crippen molar-refractivity contribution in [2.75, 3.05) is 13.1 Å². The first kappa shape index (κ1) is 16.4. The van der Waals surface area contributed by atoms with Gasteiger partial charge in [-0.15, -0.1) is 0 Å². The number of aryl methyl sites for hydroxylation is 1. The Balaban J connectivity index is 1.84. The summed E-state index contributed by atoms with van der Waals surface area (Å²) in [7, 11) is 0. The molecule has 1 fully saturated rings. The SMILES string of the molecule is Cc1ccc(C(=O)N2CCC[C@H](c3cc(F)ccc3F)C2)c(=O)[nH]1. The van der Waals surface area contributed by atoms with Gasteiger partial charge in [-0.1, -0.05) is 0 Å². The van der Waals surface area contributed by atoms with Crippen LogP contribution in [0, 0.1) is 18.6 Å². The lowest BCUT2D eigenvalue weighted by Gasteiger charge is -2.33. The van der Waals surface area contributed by atoms with Gasteiger partial charge in [0.1, 0.15) is 17.2 Å². The maximum atomic E-state index is 14.0. The van der Waals surface area contributed by atoms with Gasteiger partial charge in [0.15, 0.2) is 0 Å². The minimum absolute atomic E-state index is 0.0703. The number of hydrogen-bond donors (Lipinski definition) is 1. The second-order valence-electron chi connectivity index (χ2n) is 6.14. The van der Waals surface area contributed by atoms with E-state index in [0.717, 1.165) is 12.1 Å². The number of piperidine rings is 1. The number of aromatic amines is 1. The summed E-state index contributed by atoms with van der Waals surface area (Å²) in [5.41, 5.74) is 0.597. The molecule has 0 radical (unpaired) electrons. The Morgan fingerprint density at radius 3 is 2.79 bits per heavy atom. The van der Waals surface area contributed by atoms with Gasteiger partial charge in [-0.3, -0.25) is 9.59 Å². The Morgan fingerprint density at radius 2 is 2.04 bits per heavy atom. The molecule has 2 heterocycles. The lowest BCUT2D eigenvalue weighted by Crippen LogP contribution is -2.41. The van der Waals surface area contributed by atoms with E-state index in [-0.39, 0.29) is 29.5 Å². The highest BCUT2D eigenvalue weighted by Gasteiger charge is 2.28. The first-order chi connectivity index (χ1) is 11.5. The third-order valence-electron chi connectivity index (χ3n) is 4.39. The molecule has 4 nitrogen and oxygen atoms in total. The van der Waals surface area contributed by atoms with Crippen LogP contribution in [0.4, 0.5) is 8.78 Å². The summed E-state index contributed by atoms with van der Waals surface area (Å²) in [5.74, 6) is -1.62. The number of benzene rings is 1. The summed E-state index contributed by atoms with van der Waals surface area (Å²) in [4.78, 5) is 28.7. The van der Waals surface area contributed by atoms with Crippen LogP contribution in [-0.4, -0.2) is 28.9 Å². The number of likely N-dealkylation sites (tertiary alicyclic amines) is 1. The van der Waals surface area contributed by atoms with Gasteiger partial charge in [-0.05, 0) is 55.7 Å². The maximum Gasteiger partial charge on any atom is 0.260 e. The zero-order valence-corrected chi connectivity index (χ0v) is 13.3. The van der Waals surface area contributed by atoms with Gasteiger partial charge in [0.25, 0.3) is 11.5 Å². The monoisotopic (exact) mass is 332 g/mol. The summed E-state index contributed by atoms with van der Waals surface area (Å²) < 4.78 is 27.4. The van der Waals surface area contributed by atoms with E-state index in [1.54, 1.807) is 17.9 Å². The molecular weight excluding hydrogens is 314 g/mol. The van der Waals surface area contributed by atoms with Crippen molar-refractivity contribution in [3.63, 3.8) is 0 Å². The lowest BCUT2D eigenvalue weighted by atomic mass is 9.90. The molecule has 126 valence electrons. The van der Waals surface area contributed by atoms with Gasteiger partial charge in [-0.2, -0.15) is 0 Å². The van der Waals surface area contributed by atoms with Crippen LogP contribution in [0.25, 0.3) is 0 Å². The fourth-order valence-electron chi connectivity index (χ4n) is 3.15. The van der Waals surface area contributed by atoms with E-state index in [2.05, 4.69) is 4.98 Å². The highest BCUT2D eigenvalue weighted by Crippen LogP contribution is 2.29. The van der Waals surface area contributed by atoms with E-state index < -0.39 is 17.2 Å². The standard InChI is InChI=1S/C18H18F2N2O2/c1-11-4-6-14(17(23)21-11)18(24)22-8-2-3-12(10-22)15-9-13(19)5-7-16(15)20/h4-7,9,12H,2-3,8,10H2,1H3,(H,21,23)/t12-/m0/s1. The normalized spacial score (nSPS) is 17.8. The van der Waals surface area contributed by atoms with E-state index in [1.165, 1.54) is 12.1 Å². The van der Waals surface area contributed by atoms with Crippen LogP contribution in [0.1, 0.15) is 40.4 Å². The Kier molecular flexibility index (Phi) is 4.46. The Bertz CT molecular complexity index is 832. The maximum absolute atomic E-state index is 14.0.